The van der Waals surface area contributed by atoms with Gasteiger partial charge in [-0.25, -0.2) is 0 Å². The number of aromatic amines is 1. The quantitative estimate of drug-likeness (QED) is 0.898. The summed E-state index contributed by atoms with van der Waals surface area (Å²) in [5, 5.41) is 2.49. The van der Waals surface area contributed by atoms with Gasteiger partial charge in [0.1, 0.15) is 5.69 Å². The average Bonchev–Trinajstić information content (AvgIpc) is 2.33. The van der Waals surface area contributed by atoms with E-state index in [4.69, 9.17) is 4.74 Å². The molecule has 21 heavy (non-hydrogen) atoms. The maximum Gasteiger partial charge on any atom is 0.431 e. The zero-order chi connectivity index (χ0) is 16.4. The van der Waals surface area contributed by atoms with Gasteiger partial charge < -0.3 is 15.0 Å². The molecular formula is C13H17F3N2O3. The average molecular weight is 306 g/mol. The predicted octanol–water partition coefficient (Wildman–Crippen LogP) is 2.06. The van der Waals surface area contributed by atoms with Crippen molar-refractivity contribution in [2.75, 3.05) is 7.11 Å². The Morgan fingerprint density at radius 1 is 1.33 bits per heavy atom. The van der Waals surface area contributed by atoms with Gasteiger partial charge in [0, 0.05) is 11.5 Å². The second-order valence-electron chi connectivity index (χ2n) is 5.49. The Morgan fingerprint density at radius 2 is 1.90 bits per heavy atom. The molecule has 1 aromatic rings. The minimum absolute atomic E-state index is 0.0666. The van der Waals surface area contributed by atoms with Crippen LogP contribution in [0.25, 0.3) is 0 Å². The molecule has 0 atom stereocenters. The molecule has 118 valence electrons. The molecule has 0 radical (unpaired) electrons. The second-order valence-corrected chi connectivity index (χ2v) is 5.49. The fourth-order valence-corrected chi connectivity index (χ4v) is 1.49. The molecule has 5 nitrogen and oxygen atoms in total. The van der Waals surface area contributed by atoms with Gasteiger partial charge in [0.2, 0.25) is 5.91 Å². The predicted molar refractivity (Wildman–Crippen MR) is 69.9 cm³/mol. The second kappa shape index (κ2) is 5.79. The van der Waals surface area contributed by atoms with Crippen molar-refractivity contribution >= 4 is 5.91 Å². The van der Waals surface area contributed by atoms with Gasteiger partial charge in [-0.15, -0.1) is 0 Å². The van der Waals surface area contributed by atoms with E-state index in [2.05, 4.69) is 5.32 Å². The molecule has 0 aliphatic carbocycles. The third kappa shape index (κ3) is 4.24. The first-order valence-electron chi connectivity index (χ1n) is 6.12. The summed E-state index contributed by atoms with van der Waals surface area (Å²) < 4.78 is 42.5. The van der Waals surface area contributed by atoms with Crippen molar-refractivity contribution in [1.29, 1.82) is 0 Å². The van der Waals surface area contributed by atoms with Crippen molar-refractivity contribution in [3.05, 3.63) is 27.5 Å². The molecule has 0 bridgehead atoms. The van der Waals surface area contributed by atoms with Crippen molar-refractivity contribution in [2.24, 2.45) is 5.41 Å². The number of carbonyl (C=O) groups is 1. The topological polar surface area (TPSA) is 71.2 Å². The molecule has 1 heterocycles. The van der Waals surface area contributed by atoms with Crippen LogP contribution in [0.3, 0.4) is 0 Å². The lowest BCUT2D eigenvalue weighted by molar-refractivity contribution is -0.141. The van der Waals surface area contributed by atoms with Crippen LogP contribution in [0.5, 0.6) is 5.88 Å². The highest BCUT2D eigenvalue weighted by Gasteiger charge is 2.33. The number of nitrogens with one attached hydrogen (secondary N) is 2. The number of rotatable bonds is 3. The van der Waals surface area contributed by atoms with Crippen LogP contribution in [0, 0.1) is 5.41 Å². The van der Waals surface area contributed by atoms with Crippen molar-refractivity contribution < 1.29 is 22.7 Å². The third-order valence-corrected chi connectivity index (χ3v) is 2.71. The van der Waals surface area contributed by atoms with Gasteiger partial charge in [0.15, 0.2) is 11.3 Å². The van der Waals surface area contributed by atoms with E-state index in [-0.39, 0.29) is 23.9 Å². The molecule has 0 unspecified atom stereocenters. The van der Waals surface area contributed by atoms with Crippen LogP contribution >= 0.6 is 0 Å². The number of H-pyrrole nitrogens is 1. The first-order valence-corrected chi connectivity index (χ1v) is 6.12. The maximum absolute atomic E-state index is 12.6. The van der Waals surface area contributed by atoms with E-state index in [0.29, 0.717) is 6.07 Å². The van der Waals surface area contributed by atoms with E-state index < -0.39 is 22.7 Å². The molecule has 0 saturated carbocycles. The molecule has 1 rings (SSSR count). The van der Waals surface area contributed by atoms with E-state index in [1.165, 1.54) is 0 Å². The molecule has 0 spiro atoms. The van der Waals surface area contributed by atoms with Crippen LogP contribution in [-0.4, -0.2) is 18.0 Å². The molecule has 8 heteroatoms. The highest BCUT2D eigenvalue weighted by Crippen LogP contribution is 2.28. The van der Waals surface area contributed by atoms with Gasteiger partial charge >= 0.3 is 6.18 Å². The van der Waals surface area contributed by atoms with Gasteiger partial charge in [-0.1, -0.05) is 20.8 Å². The summed E-state index contributed by atoms with van der Waals surface area (Å²) in [5.74, 6) is -0.645. The zero-order valence-corrected chi connectivity index (χ0v) is 12.1. The molecule has 0 saturated heterocycles. The molecule has 0 aromatic carbocycles. The first-order chi connectivity index (χ1) is 9.46. The summed E-state index contributed by atoms with van der Waals surface area (Å²) in [6.45, 7) is 4.82. The number of carbonyl (C=O) groups excluding carboxylic acids is 1. The summed E-state index contributed by atoms with van der Waals surface area (Å²) in [7, 11) is 1.14. The number of halogens is 3. The van der Waals surface area contributed by atoms with Gasteiger partial charge in [0.25, 0.3) is 0 Å². The lowest BCUT2D eigenvalue weighted by atomic mass is 9.95. The number of hydrogen-bond acceptors (Lipinski definition) is 3. The fourth-order valence-electron chi connectivity index (χ4n) is 1.49. The minimum Gasteiger partial charge on any atom is -0.482 e. The first kappa shape index (κ1) is 17.1. The highest BCUT2D eigenvalue weighted by atomic mass is 19.4. The summed E-state index contributed by atoms with van der Waals surface area (Å²) >= 11 is 0. The van der Waals surface area contributed by atoms with E-state index in [1.807, 2.05) is 4.98 Å². The fraction of sp³-hybridized carbons (Fsp3) is 0.538. The number of pyridine rings is 1. The van der Waals surface area contributed by atoms with E-state index in [9.17, 15) is 22.8 Å². The smallest absolute Gasteiger partial charge is 0.431 e. The number of methoxy groups -OCH3 is 1. The lowest BCUT2D eigenvalue weighted by Gasteiger charge is -2.18. The van der Waals surface area contributed by atoms with Crippen molar-refractivity contribution in [3.8, 4) is 5.88 Å². The zero-order valence-electron chi connectivity index (χ0n) is 12.1. The van der Waals surface area contributed by atoms with E-state index >= 15 is 0 Å². The summed E-state index contributed by atoms with van der Waals surface area (Å²) in [6.07, 6.45) is -4.68. The molecule has 0 aliphatic heterocycles. The Bertz CT molecular complexity index is 586. The van der Waals surface area contributed by atoms with Crippen LogP contribution in [0.1, 0.15) is 32.0 Å². The van der Waals surface area contributed by atoms with Crippen LogP contribution in [0.2, 0.25) is 0 Å². The monoisotopic (exact) mass is 306 g/mol. The van der Waals surface area contributed by atoms with Crippen LogP contribution in [0.4, 0.5) is 13.2 Å². The third-order valence-electron chi connectivity index (χ3n) is 2.71. The van der Waals surface area contributed by atoms with Crippen LogP contribution < -0.4 is 15.5 Å². The number of alkyl halides is 3. The van der Waals surface area contributed by atoms with Gasteiger partial charge in [-0.3, -0.25) is 9.59 Å². The summed E-state index contributed by atoms with van der Waals surface area (Å²) in [4.78, 5) is 25.5. The Labute approximate surface area is 119 Å². The number of ether oxygens (including phenoxy) is 1. The lowest BCUT2D eigenvalue weighted by Crippen LogP contribution is -2.35. The molecule has 1 aromatic heterocycles. The molecular weight excluding hydrogens is 289 g/mol. The summed E-state index contributed by atoms with van der Waals surface area (Å²) in [6, 6.07) is 0.446. The van der Waals surface area contributed by atoms with Crippen molar-refractivity contribution in [1.82, 2.24) is 10.3 Å². The number of amides is 1. The Hall–Kier alpha value is -1.99. The number of aromatic nitrogens is 1. The minimum atomic E-state index is -4.68. The van der Waals surface area contributed by atoms with Gasteiger partial charge in [-0.05, 0) is 0 Å². The Balaban J connectivity index is 3.09. The highest BCUT2D eigenvalue weighted by molar-refractivity contribution is 5.81. The van der Waals surface area contributed by atoms with Gasteiger partial charge in [-0.2, -0.15) is 13.2 Å². The van der Waals surface area contributed by atoms with Crippen molar-refractivity contribution in [3.63, 3.8) is 0 Å². The van der Waals surface area contributed by atoms with Gasteiger partial charge in [0.05, 0.1) is 19.2 Å². The number of hydrogen-bond donors (Lipinski definition) is 2. The standard InChI is InChI=1S/C13H17F3N2O3/c1-12(2,3)11(20)17-6-7-8(19)5-9(13(14,15)16)18-10(7)21-4/h5H,6H2,1-4H3,(H,17,20)(H,18,19). The molecule has 0 aliphatic rings. The summed E-state index contributed by atoms with van der Waals surface area (Å²) in [5.41, 5.74) is -2.79. The van der Waals surface area contributed by atoms with Crippen LogP contribution in [-0.2, 0) is 17.5 Å². The molecule has 2 N–H and O–H groups in total. The van der Waals surface area contributed by atoms with Crippen molar-refractivity contribution in [2.45, 2.75) is 33.5 Å². The maximum atomic E-state index is 12.6. The molecule has 1 amide bonds. The Kier molecular flexibility index (Phi) is 4.70. The van der Waals surface area contributed by atoms with E-state index in [1.54, 1.807) is 20.8 Å². The SMILES string of the molecule is COc1[nH]c(C(F)(F)F)cc(=O)c1CNC(=O)C(C)(C)C. The van der Waals surface area contributed by atoms with E-state index in [0.717, 1.165) is 7.11 Å². The normalized spacial score (nSPS) is 12.1. The largest absolute Gasteiger partial charge is 0.482 e. The molecule has 0 fully saturated rings. The van der Waals surface area contributed by atoms with Crippen LogP contribution in [0.15, 0.2) is 10.9 Å². The Morgan fingerprint density at radius 3 is 2.33 bits per heavy atom.